The van der Waals surface area contributed by atoms with Gasteiger partial charge in [0.2, 0.25) is 5.91 Å². The summed E-state index contributed by atoms with van der Waals surface area (Å²) in [5, 5.41) is 26.3. The van der Waals surface area contributed by atoms with Gasteiger partial charge in [0.05, 0.1) is 30.8 Å². The van der Waals surface area contributed by atoms with Gasteiger partial charge in [0.1, 0.15) is 18.6 Å². The normalized spacial score (nSPS) is 28.9. The molecule has 2 unspecified atom stereocenters. The molecule has 0 saturated heterocycles. The Kier molecular flexibility index (Phi) is 7.23. The van der Waals surface area contributed by atoms with E-state index in [9.17, 15) is 34.2 Å². The van der Waals surface area contributed by atoms with Crippen LogP contribution >= 0.6 is 0 Å². The monoisotopic (exact) mass is 577 g/mol. The molecule has 6 atom stereocenters. The number of aromatic hydroxyl groups is 1. The van der Waals surface area contributed by atoms with Crippen LogP contribution in [0.4, 0.5) is 0 Å². The highest BCUT2D eigenvalue weighted by atomic mass is 16.6. The molecule has 3 aliphatic rings. The lowest BCUT2D eigenvalue weighted by Crippen LogP contribution is -2.74. The third kappa shape index (κ3) is 4.12. The van der Waals surface area contributed by atoms with Crippen LogP contribution in [0.15, 0.2) is 35.5 Å². The molecule has 2 fully saturated rings. The van der Waals surface area contributed by atoms with Crippen molar-refractivity contribution >= 4 is 35.3 Å². The van der Waals surface area contributed by atoms with Crippen LogP contribution in [0.1, 0.15) is 27.9 Å². The van der Waals surface area contributed by atoms with Gasteiger partial charge in [-0.05, 0) is 67.7 Å². The molecule has 0 aromatic heterocycles. The van der Waals surface area contributed by atoms with Crippen LogP contribution in [-0.2, 0) is 30.4 Å². The molecule has 2 saturated carbocycles. The number of hydrogen-bond donors (Lipinski definition) is 3. The summed E-state index contributed by atoms with van der Waals surface area (Å²) in [5.74, 6) is -10.4. The number of methoxy groups -OCH3 is 1. The summed E-state index contributed by atoms with van der Waals surface area (Å²) in [6.45, 7) is 0. The number of rotatable bonds is 6. The number of carbonyl (C=O) groups is 5. The van der Waals surface area contributed by atoms with Gasteiger partial charge in [-0.25, -0.2) is 0 Å². The molecule has 4 N–H and O–H groups in total. The highest BCUT2D eigenvalue weighted by Crippen LogP contribution is 2.51. The first-order chi connectivity index (χ1) is 19.9. The Morgan fingerprint density at radius 2 is 1.83 bits per heavy atom. The van der Waals surface area contributed by atoms with Crippen LogP contribution in [0, 0.1) is 23.7 Å². The van der Waals surface area contributed by atoms with E-state index in [0.717, 1.165) is 0 Å². The fraction of sp³-hybridized carbons (Fsp3) is 0.400. The lowest BCUT2D eigenvalue weighted by molar-refractivity contribution is -0.181. The first kappa shape index (κ1) is 29.1. The molecule has 1 amide bonds. The predicted octanol–water partition coefficient (Wildman–Crippen LogP) is 0.523. The molecule has 12 heteroatoms. The van der Waals surface area contributed by atoms with Crippen LogP contribution in [0.25, 0.3) is 11.1 Å². The van der Waals surface area contributed by atoms with E-state index in [1.807, 2.05) is 0 Å². The van der Waals surface area contributed by atoms with Gasteiger partial charge in [-0.2, -0.15) is 0 Å². The molecule has 2 aromatic carbocycles. The molecule has 42 heavy (non-hydrogen) atoms. The lowest BCUT2D eigenvalue weighted by Gasteiger charge is -2.52. The maximum atomic E-state index is 14.0. The minimum Gasteiger partial charge on any atom is -0.507 e. The van der Waals surface area contributed by atoms with Crippen LogP contribution in [0.3, 0.4) is 0 Å². The number of Topliss-reactive ketones (excluding diaryl/α,β-unsaturated/α-hetero) is 4. The van der Waals surface area contributed by atoms with Gasteiger partial charge in [-0.15, -0.1) is 0 Å². The molecule has 0 spiro atoms. The van der Waals surface area contributed by atoms with Gasteiger partial charge in [0.15, 0.2) is 34.7 Å². The van der Waals surface area contributed by atoms with E-state index in [1.54, 1.807) is 38.4 Å². The molecule has 220 valence electrons. The highest BCUT2D eigenvalue weighted by Gasteiger charge is 2.69. The Morgan fingerprint density at radius 3 is 2.45 bits per heavy atom. The van der Waals surface area contributed by atoms with Crippen molar-refractivity contribution in [3.05, 3.63) is 47.0 Å². The SMILES string of the molecule is CO/N=C/c1cc(-c2ccc(O)c3c2C[C@H]2C[C@H]4[C@H](N(C)C)C(=O)C(C(N)=O)C(=O)[C@@]4(O)C(=O)C2C3=O)ccc1OC. The Morgan fingerprint density at radius 1 is 1.12 bits per heavy atom. The number of nitrogens with two attached hydrogens (primary N) is 1. The van der Waals surface area contributed by atoms with Crippen molar-refractivity contribution in [2.75, 3.05) is 28.3 Å². The van der Waals surface area contributed by atoms with Gasteiger partial charge >= 0.3 is 0 Å². The second-order valence-corrected chi connectivity index (χ2v) is 11.1. The number of phenols is 1. The van der Waals surface area contributed by atoms with Crippen molar-refractivity contribution in [3.8, 4) is 22.6 Å². The summed E-state index contributed by atoms with van der Waals surface area (Å²) in [6, 6.07) is 7.12. The maximum absolute atomic E-state index is 14.0. The number of nitrogens with zero attached hydrogens (tertiary/aromatic N) is 2. The van der Waals surface area contributed by atoms with Crippen LogP contribution in [0.2, 0.25) is 0 Å². The first-order valence-corrected chi connectivity index (χ1v) is 13.3. The Hall–Kier alpha value is -4.42. The molecule has 5 rings (SSSR count). The van der Waals surface area contributed by atoms with Gasteiger partial charge in [0.25, 0.3) is 0 Å². The van der Waals surface area contributed by atoms with E-state index in [-0.39, 0.29) is 24.2 Å². The van der Waals surface area contributed by atoms with Crippen molar-refractivity contribution in [3.63, 3.8) is 0 Å². The number of hydrogen-bond acceptors (Lipinski definition) is 11. The Labute approximate surface area is 241 Å². The largest absolute Gasteiger partial charge is 0.507 e. The number of likely N-dealkylation sites (N-methyl/N-ethyl adjacent to an activating group) is 1. The van der Waals surface area contributed by atoms with E-state index in [2.05, 4.69) is 5.16 Å². The third-order valence-corrected chi connectivity index (χ3v) is 8.78. The number of amides is 1. The second-order valence-electron chi connectivity index (χ2n) is 11.1. The summed E-state index contributed by atoms with van der Waals surface area (Å²) < 4.78 is 5.40. The molecule has 0 aliphatic heterocycles. The highest BCUT2D eigenvalue weighted by molar-refractivity contribution is 6.32. The average Bonchev–Trinajstić information content (AvgIpc) is 2.93. The zero-order valence-electron chi connectivity index (χ0n) is 23.5. The number of fused-ring (bicyclic) bond motifs is 3. The number of benzene rings is 2. The van der Waals surface area contributed by atoms with E-state index in [4.69, 9.17) is 15.3 Å². The standard InChI is InChI=1S/C30H31N3O9/c1-33(2)24-18-11-14-10-17-16(13-5-8-20(41-3)15(9-13)12-32-42-4)6-7-19(34)22(17)25(35)21(14)27(37)30(18,40)28(38)23(26(24)36)29(31)39/h5-9,12,14,18,21,23-24,34,40H,10-11H2,1-4H3,(H2,31,39)/b32-12+/t14-,18-,21?,23?,24-,30-/m0/s1. The number of carbonyl (C=O) groups excluding carboxylic acids is 5. The number of phenolic OH excluding ortho intramolecular Hbond substituents is 1. The molecule has 2 aromatic rings. The van der Waals surface area contributed by atoms with E-state index < -0.39 is 64.4 Å². The Balaban J connectivity index is 1.64. The number of primary amides is 1. The Bertz CT molecular complexity index is 1570. The van der Waals surface area contributed by atoms with Gasteiger partial charge in [-0.1, -0.05) is 17.3 Å². The topological polar surface area (TPSA) is 186 Å². The lowest BCUT2D eigenvalue weighted by atomic mass is 9.52. The fourth-order valence-corrected chi connectivity index (χ4v) is 6.99. The van der Waals surface area contributed by atoms with Crippen molar-refractivity contribution in [2.45, 2.75) is 24.5 Å². The molecule has 12 nitrogen and oxygen atoms in total. The van der Waals surface area contributed by atoms with E-state index >= 15 is 0 Å². The minimum absolute atomic E-state index is 0.0344. The van der Waals surface area contributed by atoms with Crippen molar-refractivity contribution in [1.82, 2.24) is 4.90 Å². The molecule has 0 radical (unpaired) electrons. The van der Waals surface area contributed by atoms with Crippen molar-refractivity contribution in [1.29, 1.82) is 0 Å². The molecule has 3 aliphatic carbocycles. The van der Waals surface area contributed by atoms with Crippen molar-refractivity contribution in [2.24, 2.45) is 34.6 Å². The number of ketones is 4. The van der Waals surface area contributed by atoms with E-state index in [1.165, 1.54) is 31.4 Å². The first-order valence-electron chi connectivity index (χ1n) is 13.3. The molecule has 0 heterocycles. The van der Waals surface area contributed by atoms with Gasteiger partial charge < -0.3 is 25.5 Å². The zero-order valence-corrected chi connectivity index (χ0v) is 23.5. The quantitative estimate of drug-likeness (QED) is 0.248. The fourth-order valence-electron chi connectivity index (χ4n) is 6.99. The average molecular weight is 578 g/mol. The molecular formula is C30H31N3O9. The second kappa shape index (κ2) is 10.4. The summed E-state index contributed by atoms with van der Waals surface area (Å²) in [4.78, 5) is 73.0. The van der Waals surface area contributed by atoms with Crippen LogP contribution < -0.4 is 10.5 Å². The number of aliphatic hydroxyl groups is 1. The number of oxime groups is 1. The third-order valence-electron chi connectivity index (χ3n) is 8.78. The number of ether oxygens (including phenoxy) is 1. The minimum atomic E-state index is -2.77. The summed E-state index contributed by atoms with van der Waals surface area (Å²) >= 11 is 0. The van der Waals surface area contributed by atoms with Crippen LogP contribution in [0.5, 0.6) is 11.5 Å². The summed E-state index contributed by atoms with van der Waals surface area (Å²) in [7, 11) is 5.99. The van der Waals surface area contributed by atoms with Crippen molar-refractivity contribution < 1.29 is 43.8 Å². The van der Waals surface area contributed by atoms with Crippen LogP contribution in [-0.4, -0.2) is 90.3 Å². The summed E-state index contributed by atoms with van der Waals surface area (Å²) in [6.07, 6.45) is 1.57. The van der Waals surface area contributed by atoms with Gasteiger partial charge in [-0.3, -0.25) is 28.9 Å². The smallest absolute Gasteiger partial charge is 0.235 e. The summed E-state index contributed by atoms with van der Waals surface area (Å²) in [5.41, 5.74) is 4.88. The molecule has 0 bridgehead atoms. The predicted molar refractivity (Wildman–Crippen MR) is 148 cm³/mol. The molecular weight excluding hydrogens is 546 g/mol. The maximum Gasteiger partial charge on any atom is 0.235 e. The zero-order chi connectivity index (χ0) is 30.7. The van der Waals surface area contributed by atoms with Gasteiger partial charge in [0, 0.05) is 11.5 Å². The van der Waals surface area contributed by atoms with E-state index in [0.29, 0.717) is 28.0 Å².